The molecule has 0 saturated carbocycles. The van der Waals surface area contributed by atoms with Crippen LogP contribution in [0.5, 0.6) is 0 Å². The van der Waals surface area contributed by atoms with Crippen LogP contribution in [0.4, 0.5) is 0 Å². The van der Waals surface area contributed by atoms with E-state index < -0.39 is 6.29 Å². The van der Waals surface area contributed by atoms with E-state index in [9.17, 15) is 4.79 Å². The minimum atomic E-state index is -0.464. The van der Waals surface area contributed by atoms with Gasteiger partial charge in [-0.2, -0.15) is 0 Å². The molecule has 0 fully saturated rings. The second-order valence-electron chi connectivity index (χ2n) is 4.63. The molecule has 2 aromatic rings. The smallest absolute Gasteiger partial charge is 0.252 e. The standard InChI is InChI=1S/C16H19NO3/c1-11(16(19-2)20-3)17-15(18)14-10-6-8-12-7-4-5-9-13(12)14/h4-11,16H,1-3H3,(H,17,18). The van der Waals surface area contributed by atoms with Gasteiger partial charge in [0.2, 0.25) is 0 Å². The van der Waals surface area contributed by atoms with Crippen molar-refractivity contribution in [1.82, 2.24) is 5.32 Å². The minimum Gasteiger partial charge on any atom is -0.354 e. The molecule has 0 aliphatic heterocycles. The number of hydrogen-bond donors (Lipinski definition) is 1. The number of carbonyl (C=O) groups is 1. The van der Waals surface area contributed by atoms with Gasteiger partial charge in [0.1, 0.15) is 0 Å². The molecule has 2 aromatic carbocycles. The number of rotatable bonds is 5. The van der Waals surface area contributed by atoms with E-state index in [0.717, 1.165) is 10.8 Å². The van der Waals surface area contributed by atoms with Gasteiger partial charge in [-0.1, -0.05) is 36.4 Å². The number of nitrogens with one attached hydrogen (secondary N) is 1. The van der Waals surface area contributed by atoms with Crippen LogP contribution in [-0.2, 0) is 9.47 Å². The summed E-state index contributed by atoms with van der Waals surface area (Å²) in [6.45, 7) is 1.85. The zero-order valence-corrected chi connectivity index (χ0v) is 11.9. The zero-order chi connectivity index (χ0) is 14.5. The second-order valence-corrected chi connectivity index (χ2v) is 4.63. The molecule has 1 atom stereocenters. The van der Waals surface area contributed by atoms with Crippen LogP contribution in [0.1, 0.15) is 17.3 Å². The Balaban J connectivity index is 2.24. The molecule has 0 radical (unpaired) electrons. The van der Waals surface area contributed by atoms with Crippen molar-refractivity contribution in [3.05, 3.63) is 48.0 Å². The Kier molecular flexibility index (Phi) is 4.71. The molecule has 0 bridgehead atoms. The van der Waals surface area contributed by atoms with E-state index in [1.54, 1.807) is 14.2 Å². The van der Waals surface area contributed by atoms with Crippen molar-refractivity contribution in [3.8, 4) is 0 Å². The van der Waals surface area contributed by atoms with Crippen LogP contribution < -0.4 is 5.32 Å². The Labute approximate surface area is 118 Å². The molecule has 1 N–H and O–H groups in total. The number of amides is 1. The summed E-state index contributed by atoms with van der Waals surface area (Å²) in [6, 6.07) is 13.3. The SMILES string of the molecule is COC(OC)C(C)NC(=O)c1cccc2ccccc12. The normalized spacial score (nSPS) is 12.6. The maximum Gasteiger partial charge on any atom is 0.252 e. The van der Waals surface area contributed by atoms with Gasteiger partial charge < -0.3 is 14.8 Å². The molecule has 0 aliphatic carbocycles. The van der Waals surface area contributed by atoms with Crippen molar-refractivity contribution >= 4 is 16.7 Å². The lowest BCUT2D eigenvalue weighted by atomic mass is 10.0. The Morgan fingerprint density at radius 2 is 1.70 bits per heavy atom. The van der Waals surface area contributed by atoms with Gasteiger partial charge in [-0.25, -0.2) is 0 Å². The van der Waals surface area contributed by atoms with E-state index in [4.69, 9.17) is 9.47 Å². The summed E-state index contributed by atoms with van der Waals surface area (Å²) < 4.78 is 10.3. The third-order valence-corrected chi connectivity index (χ3v) is 3.27. The lowest BCUT2D eigenvalue weighted by molar-refractivity contribution is -0.117. The van der Waals surface area contributed by atoms with Gasteiger partial charge in [0.05, 0.1) is 6.04 Å². The molecule has 0 heterocycles. The monoisotopic (exact) mass is 273 g/mol. The highest BCUT2D eigenvalue weighted by Gasteiger charge is 2.19. The average Bonchev–Trinajstić information content (AvgIpc) is 2.47. The number of benzene rings is 2. The predicted molar refractivity (Wildman–Crippen MR) is 78.7 cm³/mol. The molecule has 0 saturated heterocycles. The summed E-state index contributed by atoms with van der Waals surface area (Å²) in [6.07, 6.45) is -0.464. The predicted octanol–water partition coefficient (Wildman–Crippen LogP) is 2.58. The van der Waals surface area contributed by atoms with Crippen LogP contribution in [0.3, 0.4) is 0 Å². The first-order chi connectivity index (χ1) is 9.67. The maximum absolute atomic E-state index is 12.4. The topological polar surface area (TPSA) is 47.6 Å². The van der Waals surface area contributed by atoms with E-state index >= 15 is 0 Å². The van der Waals surface area contributed by atoms with Crippen molar-refractivity contribution < 1.29 is 14.3 Å². The van der Waals surface area contributed by atoms with Crippen LogP contribution in [0.25, 0.3) is 10.8 Å². The summed E-state index contributed by atoms with van der Waals surface area (Å²) in [7, 11) is 3.10. The van der Waals surface area contributed by atoms with Crippen LogP contribution in [0.2, 0.25) is 0 Å². The van der Waals surface area contributed by atoms with Gasteiger partial charge in [0, 0.05) is 19.8 Å². The van der Waals surface area contributed by atoms with E-state index in [2.05, 4.69) is 5.32 Å². The first-order valence-electron chi connectivity index (χ1n) is 6.51. The van der Waals surface area contributed by atoms with Crippen LogP contribution >= 0.6 is 0 Å². The number of carbonyl (C=O) groups excluding carboxylic acids is 1. The highest BCUT2D eigenvalue weighted by Crippen LogP contribution is 2.18. The van der Waals surface area contributed by atoms with Crippen LogP contribution in [-0.4, -0.2) is 32.5 Å². The van der Waals surface area contributed by atoms with Gasteiger partial charge in [-0.15, -0.1) is 0 Å². The van der Waals surface area contributed by atoms with Gasteiger partial charge in [0.25, 0.3) is 5.91 Å². The van der Waals surface area contributed by atoms with E-state index in [0.29, 0.717) is 5.56 Å². The Bertz CT molecular complexity index is 588. The molecular weight excluding hydrogens is 254 g/mol. The highest BCUT2D eigenvalue weighted by atomic mass is 16.7. The lowest BCUT2D eigenvalue weighted by Crippen LogP contribution is -2.43. The summed E-state index contributed by atoms with van der Waals surface area (Å²) >= 11 is 0. The van der Waals surface area contributed by atoms with E-state index in [-0.39, 0.29) is 11.9 Å². The molecule has 106 valence electrons. The molecule has 0 aromatic heterocycles. The first kappa shape index (κ1) is 14.5. The van der Waals surface area contributed by atoms with Crippen LogP contribution in [0.15, 0.2) is 42.5 Å². The van der Waals surface area contributed by atoms with Crippen molar-refractivity contribution in [3.63, 3.8) is 0 Å². The fourth-order valence-electron chi connectivity index (χ4n) is 2.28. The van der Waals surface area contributed by atoms with Crippen molar-refractivity contribution in [1.29, 1.82) is 0 Å². The van der Waals surface area contributed by atoms with Gasteiger partial charge in [0.15, 0.2) is 6.29 Å². The van der Waals surface area contributed by atoms with E-state index in [1.807, 2.05) is 49.4 Å². The van der Waals surface area contributed by atoms with Gasteiger partial charge in [-0.3, -0.25) is 4.79 Å². The highest BCUT2D eigenvalue weighted by molar-refractivity contribution is 6.07. The fraction of sp³-hybridized carbons (Fsp3) is 0.312. The average molecular weight is 273 g/mol. The number of fused-ring (bicyclic) bond motifs is 1. The Morgan fingerprint density at radius 3 is 2.40 bits per heavy atom. The lowest BCUT2D eigenvalue weighted by Gasteiger charge is -2.22. The number of methoxy groups -OCH3 is 2. The number of ether oxygens (including phenoxy) is 2. The second kappa shape index (κ2) is 6.50. The zero-order valence-electron chi connectivity index (χ0n) is 11.9. The molecule has 20 heavy (non-hydrogen) atoms. The fourth-order valence-corrected chi connectivity index (χ4v) is 2.28. The molecule has 4 heteroatoms. The summed E-state index contributed by atoms with van der Waals surface area (Å²) in [4.78, 5) is 12.4. The van der Waals surface area contributed by atoms with Crippen molar-refractivity contribution in [2.45, 2.75) is 19.3 Å². The van der Waals surface area contributed by atoms with Gasteiger partial charge in [-0.05, 0) is 23.8 Å². The summed E-state index contributed by atoms with van der Waals surface area (Å²) in [5.41, 5.74) is 0.654. The molecular formula is C16H19NO3. The molecule has 1 unspecified atom stereocenters. The Morgan fingerprint density at radius 1 is 1.05 bits per heavy atom. The van der Waals surface area contributed by atoms with Crippen molar-refractivity contribution in [2.24, 2.45) is 0 Å². The van der Waals surface area contributed by atoms with Gasteiger partial charge >= 0.3 is 0 Å². The largest absolute Gasteiger partial charge is 0.354 e. The molecule has 0 aliphatic rings. The first-order valence-corrected chi connectivity index (χ1v) is 6.51. The maximum atomic E-state index is 12.4. The molecule has 2 rings (SSSR count). The third-order valence-electron chi connectivity index (χ3n) is 3.27. The van der Waals surface area contributed by atoms with Crippen LogP contribution in [0, 0.1) is 0 Å². The summed E-state index contributed by atoms with van der Waals surface area (Å²) in [5.74, 6) is -0.131. The minimum absolute atomic E-state index is 0.131. The quantitative estimate of drug-likeness (QED) is 0.852. The molecule has 4 nitrogen and oxygen atoms in total. The van der Waals surface area contributed by atoms with E-state index in [1.165, 1.54) is 0 Å². The molecule has 0 spiro atoms. The summed E-state index contributed by atoms with van der Waals surface area (Å²) in [5, 5.41) is 4.88. The van der Waals surface area contributed by atoms with Crippen molar-refractivity contribution in [2.75, 3.05) is 14.2 Å². The third kappa shape index (κ3) is 2.98. The molecule has 1 amide bonds. The number of hydrogen-bond acceptors (Lipinski definition) is 3. The Hall–Kier alpha value is -1.91.